The number of benzene rings is 1. The van der Waals surface area contributed by atoms with Gasteiger partial charge in [0.2, 0.25) is 5.91 Å². The van der Waals surface area contributed by atoms with Crippen LogP contribution in [0.4, 0.5) is 18.9 Å². The van der Waals surface area contributed by atoms with Crippen molar-refractivity contribution in [1.29, 1.82) is 0 Å². The topological polar surface area (TPSA) is 58.6 Å². The quantitative estimate of drug-likeness (QED) is 0.802. The number of rotatable bonds is 5. The zero-order chi connectivity index (χ0) is 20.1. The van der Waals surface area contributed by atoms with Gasteiger partial charge in [-0.25, -0.2) is 0 Å². The number of piperidine rings is 1. The number of hydrogen-bond acceptors (Lipinski definition) is 4. The summed E-state index contributed by atoms with van der Waals surface area (Å²) in [6.07, 6.45) is -3.18. The number of anilines is 1. The lowest BCUT2D eigenvalue weighted by Crippen LogP contribution is -2.43. The van der Waals surface area contributed by atoms with Crippen LogP contribution in [0.2, 0.25) is 0 Å². The third-order valence-electron chi connectivity index (χ3n) is 4.35. The lowest BCUT2D eigenvalue weighted by Gasteiger charge is -2.31. The average Bonchev–Trinajstić information content (AvgIpc) is 3.21. The van der Waals surface area contributed by atoms with Gasteiger partial charge in [0.15, 0.2) is 6.61 Å². The minimum atomic E-state index is -4.47. The van der Waals surface area contributed by atoms with Crippen LogP contribution in [0.1, 0.15) is 22.5 Å². The maximum Gasteiger partial charge on any atom is 0.422 e. The minimum Gasteiger partial charge on any atom is -0.482 e. The van der Waals surface area contributed by atoms with Crippen molar-refractivity contribution in [1.82, 2.24) is 4.90 Å². The number of amides is 2. The van der Waals surface area contributed by atoms with Crippen molar-refractivity contribution < 1.29 is 27.5 Å². The lowest BCUT2D eigenvalue weighted by molar-refractivity contribution is -0.153. The highest BCUT2D eigenvalue weighted by atomic mass is 32.1. The van der Waals surface area contributed by atoms with Gasteiger partial charge in [-0.1, -0.05) is 18.2 Å². The number of carbonyl (C=O) groups excluding carboxylic acids is 2. The summed E-state index contributed by atoms with van der Waals surface area (Å²) in [5.74, 6) is -0.933. The van der Waals surface area contributed by atoms with E-state index < -0.39 is 18.7 Å². The summed E-state index contributed by atoms with van der Waals surface area (Å²) in [6.45, 7) is -0.591. The van der Waals surface area contributed by atoms with Crippen LogP contribution in [0.5, 0.6) is 5.75 Å². The van der Waals surface area contributed by atoms with E-state index >= 15 is 0 Å². The average molecular weight is 412 g/mol. The summed E-state index contributed by atoms with van der Waals surface area (Å²) in [5, 5.41) is 4.46. The van der Waals surface area contributed by atoms with Crippen molar-refractivity contribution in [2.75, 3.05) is 25.0 Å². The molecule has 5 nitrogen and oxygen atoms in total. The van der Waals surface area contributed by atoms with Crippen molar-refractivity contribution in [3.05, 3.63) is 46.7 Å². The predicted molar refractivity (Wildman–Crippen MR) is 99.6 cm³/mol. The van der Waals surface area contributed by atoms with E-state index in [1.54, 1.807) is 23.1 Å². The van der Waals surface area contributed by atoms with Crippen molar-refractivity contribution in [3.8, 4) is 5.75 Å². The fraction of sp³-hybridized carbons (Fsp3) is 0.368. The molecule has 0 bridgehead atoms. The maximum atomic E-state index is 12.7. The SMILES string of the molecule is O=C(Nc1ccccc1OCC(F)(F)F)C1CCCN(C(=O)c2cccs2)C1. The normalized spacial score (nSPS) is 17.2. The Bertz CT molecular complexity index is 824. The number of alkyl halides is 3. The first-order valence-electron chi connectivity index (χ1n) is 8.76. The number of ether oxygens (including phenoxy) is 1. The molecular formula is C19H19F3N2O3S. The van der Waals surface area contributed by atoms with Gasteiger partial charge in [-0.05, 0) is 36.4 Å². The molecule has 150 valence electrons. The number of carbonyl (C=O) groups is 2. The van der Waals surface area contributed by atoms with Gasteiger partial charge in [0.25, 0.3) is 5.91 Å². The van der Waals surface area contributed by atoms with E-state index in [1.165, 1.54) is 29.5 Å². The smallest absolute Gasteiger partial charge is 0.422 e. The third-order valence-corrected chi connectivity index (χ3v) is 5.21. The van der Waals surface area contributed by atoms with Gasteiger partial charge in [-0.15, -0.1) is 11.3 Å². The zero-order valence-electron chi connectivity index (χ0n) is 14.9. The molecule has 0 saturated carbocycles. The molecule has 2 aromatic rings. The largest absolute Gasteiger partial charge is 0.482 e. The first kappa shape index (κ1) is 20.2. The molecule has 3 rings (SSSR count). The number of hydrogen-bond donors (Lipinski definition) is 1. The van der Waals surface area contributed by atoms with Crippen LogP contribution in [0.15, 0.2) is 41.8 Å². The molecule has 1 saturated heterocycles. The first-order valence-corrected chi connectivity index (χ1v) is 9.63. The molecule has 1 atom stereocenters. The Labute approximate surface area is 164 Å². The summed E-state index contributed by atoms with van der Waals surface area (Å²) >= 11 is 1.35. The van der Waals surface area contributed by atoms with Crippen molar-refractivity contribution in [2.24, 2.45) is 5.92 Å². The van der Waals surface area contributed by atoms with Gasteiger partial charge in [0, 0.05) is 13.1 Å². The van der Waals surface area contributed by atoms with E-state index in [4.69, 9.17) is 4.74 Å². The number of halogens is 3. The molecule has 0 aliphatic carbocycles. The maximum absolute atomic E-state index is 12.7. The Kier molecular flexibility index (Phi) is 6.23. The van der Waals surface area contributed by atoms with Crippen LogP contribution < -0.4 is 10.1 Å². The van der Waals surface area contributed by atoms with Gasteiger partial charge in [0.1, 0.15) is 5.75 Å². The molecule has 0 radical (unpaired) electrons. The summed E-state index contributed by atoms with van der Waals surface area (Å²) < 4.78 is 42.0. The molecule has 1 unspecified atom stereocenters. The van der Waals surface area contributed by atoms with Crippen LogP contribution in [0, 0.1) is 5.92 Å². The van der Waals surface area contributed by atoms with E-state index in [0.29, 0.717) is 24.3 Å². The molecule has 1 N–H and O–H groups in total. The highest BCUT2D eigenvalue weighted by Gasteiger charge is 2.31. The fourth-order valence-electron chi connectivity index (χ4n) is 3.02. The summed E-state index contributed by atoms with van der Waals surface area (Å²) in [6, 6.07) is 9.53. The Morgan fingerprint density at radius 1 is 1.21 bits per heavy atom. The van der Waals surface area contributed by atoms with E-state index in [1.807, 2.05) is 5.38 Å². The molecule has 9 heteroatoms. The number of thiophene rings is 1. The molecule has 28 heavy (non-hydrogen) atoms. The van der Waals surface area contributed by atoms with E-state index in [9.17, 15) is 22.8 Å². The molecule has 1 fully saturated rings. The van der Waals surface area contributed by atoms with Gasteiger partial charge in [-0.2, -0.15) is 13.2 Å². The number of para-hydroxylation sites is 2. The second-order valence-electron chi connectivity index (χ2n) is 6.46. The Morgan fingerprint density at radius 3 is 2.71 bits per heavy atom. The third kappa shape index (κ3) is 5.25. The standard InChI is InChI=1S/C19H19F3N2O3S/c20-19(21,22)12-27-15-7-2-1-6-14(15)23-17(25)13-5-3-9-24(11-13)18(26)16-8-4-10-28-16/h1-2,4,6-8,10,13H,3,5,9,11-12H2,(H,23,25). The van der Waals surface area contributed by atoms with Gasteiger partial charge >= 0.3 is 6.18 Å². The Hall–Kier alpha value is -2.55. The number of nitrogens with one attached hydrogen (secondary N) is 1. The number of nitrogens with zero attached hydrogens (tertiary/aromatic N) is 1. The molecule has 1 aliphatic heterocycles. The number of likely N-dealkylation sites (tertiary alicyclic amines) is 1. The molecule has 1 aliphatic rings. The molecule has 1 aromatic heterocycles. The van der Waals surface area contributed by atoms with Gasteiger partial charge in [-0.3, -0.25) is 9.59 Å². The predicted octanol–water partition coefficient (Wildman–Crippen LogP) is 4.18. The van der Waals surface area contributed by atoms with Gasteiger partial charge < -0.3 is 15.0 Å². The van der Waals surface area contributed by atoms with Gasteiger partial charge in [0.05, 0.1) is 16.5 Å². The van der Waals surface area contributed by atoms with Crippen molar-refractivity contribution >= 4 is 28.8 Å². The van der Waals surface area contributed by atoms with Crippen molar-refractivity contribution in [3.63, 3.8) is 0 Å². The van der Waals surface area contributed by atoms with Crippen LogP contribution in [-0.2, 0) is 4.79 Å². The van der Waals surface area contributed by atoms with E-state index in [0.717, 1.165) is 0 Å². The summed E-state index contributed by atoms with van der Waals surface area (Å²) in [4.78, 5) is 27.4. The molecule has 0 spiro atoms. The van der Waals surface area contributed by atoms with Crippen LogP contribution in [0.25, 0.3) is 0 Å². The van der Waals surface area contributed by atoms with E-state index in [-0.39, 0.29) is 29.8 Å². The highest BCUT2D eigenvalue weighted by Crippen LogP contribution is 2.28. The van der Waals surface area contributed by atoms with Crippen LogP contribution in [-0.4, -0.2) is 42.6 Å². The monoisotopic (exact) mass is 412 g/mol. The molecule has 1 aromatic carbocycles. The summed E-state index contributed by atoms with van der Waals surface area (Å²) in [7, 11) is 0. The summed E-state index contributed by atoms with van der Waals surface area (Å²) in [5.41, 5.74) is 0.179. The molecule has 2 heterocycles. The second kappa shape index (κ2) is 8.64. The Morgan fingerprint density at radius 2 is 2.00 bits per heavy atom. The molecule has 2 amide bonds. The fourth-order valence-corrected chi connectivity index (χ4v) is 3.71. The lowest BCUT2D eigenvalue weighted by atomic mass is 9.96. The van der Waals surface area contributed by atoms with Crippen LogP contribution in [0.3, 0.4) is 0 Å². The zero-order valence-corrected chi connectivity index (χ0v) is 15.7. The second-order valence-corrected chi connectivity index (χ2v) is 7.40. The molecular weight excluding hydrogens is 393 g/mol. The Balaban J connectivity index is 1.64. The van der Waals surface area contributed by atoms with E-state index in [2.05, 4.69) is 5.32 Å². The van der Waals surface area contributed by atoms with Crippen molar-refractivity contribution in [2.45, 2.75) is 19.0 Å². The first-order chi connectivity index (χ1) is 13.3. The van der Waals surface area contributed by atoms with Crippen LogP contribution >= 0.6 is 11.3 Å². The minimum absolute atomic E-state index is 0.0458. The highest BCUT2D eigenvalue weighted by molar-refractivity contribution is 7.12.